The average molecular weight is 442 g/mol. The van der Waals surface area contributed by atoms with Crippen molar-refractivity contribution in [1.82, 2.24) is 10.6 Å². The van der Waals surface area contributed by atoms with Crippen LogP contribution >= 0.6 is 0 Å². The predicted molar refractivity (Wildman–Crippen MR) is 132 cm³/mol. The number of esters is 1. The lowest BCUT2D eigenvalue weighted by molar-refractivity contribution is -0.148. The minimum atomic E-state index is -0.667. The molecule has 1 aromatic carbocycles. The third-order valence-corrected chi connectivity index (χ3v) is 4.75. The first-order valence-electron chi connectivity index (χ1n) is 11.3. The van der Waals surface area contributed by atoms with Crippen molar-refractivity contribution in [2.45, 2.75) is 80.5 Å². The summed E-state index contributed by atoms with van der Waals surface area (Å²) in [6, 6.07) is 6.07. The Hall–Kier alpha value is -2.41. The fraction of sp³-hybridized carbons (Fsp3) is 0.625. The van der Waals surface area contributed by atoms with Gasteiger partial charge in [-0.2, -0.15) is 0 Å². The van der Waals surface area contributed by atoms with E-state index < -0.39 is 6.04 Å². The lowest BCUT2D eigenvalue weighted by Crippen LogP contribution is -2.52. The monoisotopic (exact) mass is 441 g/mol. The molecule has 0 saturated heterocycles. The molecule has 7 heteroatoms. The number of benzene rings is 1. The molecule has 0 radical (unpaired) electrons. The van der Waals surface area contributed by atoms with Crippen molar-refractivity contribution in [3.8, 4) is 0 Å². The quantitative estimate of drug-likeness (QED) is 0.436. The molecule has 0 aliphatic carbocycles. The number of hydrogen-bond acceptors (Lipinski definition) is 5. The molecule has 0 aromatic heterocycles. The lowest BCUT2D eigenvalue weighted by atomic mass is 9.98. The molecule has 31 heavy (non-hydrogen) atoms. The molecule has 0 spiro atoms. The number of anilines is 1. The molecule has 0 fully saturated rings. The van der Waals surface area contributed by atoms with Crippen LogP contribution < -0.4 is 16.0 Å². The van der Waals surface area contributed by atoms with E-state index in [1.165, 1.54) is 0 Å². The molecule has 1 unspecified atom stereocenters. The Balaban J connectivity index is -0.000000875. The van der Waals surface area contributed by atoms with E-state index in [1.54, 1.807) is 45.0 Å². The van der Waals surface area contributed by atoms with Gasteiger partial charge in [0.05, 0.1) is 12.0 Å². The van der Waals surface area contributed by atoms with Crippen molar-refractivity contribution in [3.05, 3.63) is 29.8 Å². The lowest BCUT2D eigenvalue weighted by Gasteiger charge is -2.24. The van der Waals surface area contributed by atoms with Crippen LogP contribution in [0, 0.1) is 11.8 Å². The first kappa shape index (κ1) is 28.6. The van der Waals surface area contributed by atoms with Crippen LogP contribution in [0.1, 0.15) is 71.7 Å². The summed E-state index contributed by atoms with van der Waals surface area (Å²) in [5, 5.41) is 8.75. The Kier molecular flexibility index (Phi) is 14.2. The molecule has 0 saturated carbocycles. The van der Waals surface area contributed by atoms with Crippen molar-refractivity contribution < 1.29 is 23.4 Å². The SMILES string of the molecule is CC.CCN[C@H](C(=O)N[C@@H](C)C(=O)Nc1ccc(COC(=O)C(C)C)cc1)C(C)CC.[HH].[HH].[HH]. The molecule has 7 nitrogen and oxygen atoms in total. The Morgan fingerprint density at radius 2 is 1.55 bits per heavy atom. The van der Waals surface area contributed by atoms with Gasteiger partial charge in [0.25, 0.3) is 0 Å². The van der Waals surface area contributed by atoms with Gasteiger partial charge in [-0.25, -0.2) is 0 Å². The van der Waals surface area contributed by atoms with Crippen LogP contribution in [0.4, 0.5) is 5.69 Å². The van der Waals surface area contributed by atoms with Gasteiger partial charge in [0.1, 0.15) is 12.6 Å². The third-order valence-electron chi connectivity index (χ3n) is 4.75. The zero-order valence-electron chi connectivity index (χ0n) is 20.4. The largest absolute Gasteiger partial charge is 0.461 e. The van der Waals surface area contributed by atoms with Crippen molar-refractivity contribution in [3.63, 3.8) is 0 Å². The van der Waals surface area contributed by atoms with Gasteiger partial charge in [-0.15, -0.1) is 0 Å². The highest BCUT2D eigenvalue weighted by molar-refractivity contribution is 5.97. The minimum absolute atomic E-state index is 0. The number of nitrogens with one attached hydrogen (secondary N) is 3. The molecule has 0 bridgehead atoms. The Bertz CT molecular complexity index is 689. The summed E-state index contributed by atoms with van der Waals surface area (Å²) < 4.78 is 5.18. The van der Waals surface area contributed by atoms with Gasteiger partial charge >= 0.3 is 5.97 Å². The summed E-state index contributed by atoms with van der Waals surface area (Å²) in [4.78, 5) is 36.5. The number of carbonyl (C=O) groups excluding carboxylic acids is 3. The summed E-state index contributed by atoms with van der Waals surface area (Å²) >= 11 is 0. The van der Waals surface area contributed by atoms with E-state index in [0.717, 1.165) is 12.0 Å². The predicted octanol–water partition coefficient (Wildman–Crippen LogP) is 4.62. The molecule has 1 aromatic rings. The zero-order chi connectivity index (χ0) is 24.0. The van der Waals surface area contributed by atoms with E-state index in [9.17, 15) is 14.4 Å². The second-order valence-electron chi connectivity index (χ2n) is 7.60. The van der Waals surface area contributed by atoms with E-state index in [1.807, 2.05) is 34.6 Å². The molecular formula is C24H47N3O4. The standard InChI is InChI=1S/C22H35N3O4.C2H6.3H2/c1-7-15(5)19(23-8-2)21(27)24-16(6)20(26)25-18-11-9-17(10-12-18)13-29-22(28)14(3)4;1-2;;;/h9-12,14-16,19,23H,7-8,13H2,1-6H3,(H,24,27)(H,25,26);1-2H3;3*1H/t15?,16-,19-;;;;/m0..../s1. The Morgan fingerprint density at radius 1 is 0.968 bits per heavy atom. The molecule has 1 rings (SSSR count). The second-order valence-corrected chi connectivity index (χ2v) is 7.60. The summed E-state index contributed by atoms with van der Waals surface area (Å²) in [5.41, 5.74) is 1.44. The van der Waals surface area contributed by atoms with E-state index >= 15 is 0 Å². The Labute approximate surface area is 192 Å². The van der Waals surface area contributed by atoms with Crippen molar-refractivity contribution >= 4 is 23.5 Å². The molecule has 0 heterocycles. The maximum Gasteiger partial charge on any atom is 0.308 e. The molecule has 3 N–H and O–H groups in total. The number of ether oxygens (including phenoxy) is 1. The van der Waals surface area contributed by atoms with Crippen LogP contribution in [-0.4, -0.2) is 36.4 Å². The molecule has 3 atom stereocenters. The number of likely N-dealkylation sites (N-methyl/N-ethyl adjacent to an activating group) is 1. The van der Waals surface area contributed by atoms with Gasteiger partial charge in [-0.05, 0) is 37.1 Å². The van der Waals surface area contributed by atoms with Crippen molar-refractivity contribution in [2.24, 2.45) is 11.8 Å². The number of rotatable bonds is 11. The maximum absolute atomic E-state index is 12.5. The van der Waals surface area contributed by atoms with Gasteiger partial charge in [-0.1, -0.05) is 67.0 Å². The van der Waals surface area contributed by atoms with Gasteiger partial charge in [-0.3, -0.25) is 14.4 Å². The molecule has 0 aliphatic rings. The molecular weight excluding hydrogens is 394 g/mol. The molecule has 182 valence electrons. The second kappa shape index (κ2) is 15.4. The van der Waals surface area contributed by atoms with Gasteiger partial charge in [0.15, 0.2) is 0 Å². The number of amides is 2. The number of hydrogen-bond donors (Lipinski definition) is 3. The summed E-state index contributed by atoms with van der Waals surface area (Å²) in [7, 11) is 0. The first-order chi connectivity index (χ1) is 14.7. The highest BCUT2D eigenvalue weighted by atomic mass is 16.5. The summed E-state index contributed by atoms with van der Waals surface area (Å²) in [5.74, 6) is -0.719. The van der Waals surface area contributed by atoms with Gasteiger partial charge in [0, 0.05) is 9.97 Å². The van der Waals surface area contributed by atoms with Crippen molar-refractivity contribution in [1.29, 1.82) is 0 Å². The normalized spacial score (nSPS) is 13.3. The fourth-order valence-corrected chi connectivity index (χ4v) is 2.63. The molecule has 0 aliphatic heterocycles. The van der Waals surface area contributed by atoms with E-state index in [0.29, 0.717) is 12.2 Å². The van der Waals surface area contributed by atoms with Crippen LogP contribution in [0.25, 0.3) is 0 Å². The Morgan fingerprint density at radius 3 is 2.03 bits per heavy atom. The van der Waals surface area contributed by atoms with Crippen LogP contribution in [0.2, 0.25) is 0 Å². The zero-order valence-corrected chi connectivity index (χ0v) is 20.4. The average Bonchev–Trinajstić information content (AvgIpc) is 2.77. The van der Waals surface area contributed by atoms with Crippen molar-refractivity contribution in [2.75, 3.05) is 11.9 Å². The topological polar surface area (TPSA) is 96.5 Å². The van der Waals surface area contributed by atoms with Crippen LogP contribution in [0.3, 0.4) is 0 Å². The summed E-state index contributed by atoms with van der Waals surface area (Å²) in [6.07, 6.45) is 0.866. The van der Waals surface area contributed by atoms with Crippen LogP contribution in [0.15, 0.2) is 24.3 Å². The third kappa shape index (κ3) is 10.4. The van der Waals surface area contributed by atoms with E-state index in [2.05, 4.69) is 16.0 Å². The maximum atomic E-state index is 12.5. The first-order valence-corrected chi connectivity index (χ1v) is 11.3. The number of carbonyl (C=O) groups is 3. The van der Waals surface area contributed by atoms with E-state index in [4.69, 9.17) is 4.74 Å². The molecule has 2 amide bonds. The highest BCUT2D eigenvalue weighted by Gasteiger charge is 2.25. The van der Waals surface area contributed by atoms with Gasteiger partial charge < -0.3 is 20.7 Å². The summed E-state index contributed by atoms with van der Waals surface area (Å²) in [6.45, 7) is 16.1. The van der Waals surface area contributed by atoms with E-state index in [-0.39, 0.29) is 46.5 Å². The van der Waals surface area contributed by atoms with Crippen LogP contribution in [-0.2, 0) is 25.7 Å². The fourth-order valence-electron chi connectivity index (χ4n) is 2.63. The smallest absolute Gasteiger partial charge is 0.308 e. The van der Waals surface area contributed by atoms with Gasteiger partial charge in [0.2, 0.25) is 11.8 Å². The minimum Gasteiger partial charge on any atom is -0.461 e. The van der Waals surface area contributed by atoms with Crippen LogP contribution in [0.5, 0.6) is 0 Å². The highest BCUT2D eigenvalue weighted by Crippen LogP contribution is 2.12.